The number of aromatic nitrogens is 1. The second kappa shape index (κ2) is 8.34. The Morgan fingerprint density at radius 2 is 2.11 bits per heavy atom. The van der Waals surface area contributed by atoms with Crippen molar-refractivity contribution < 1.29 is 14.3 Å². The number of thiazole rings is 1. The van der Waals surface area contributed by atoms with E-state index in [2.05, 4.69) is 10.3 Å². The van der Waals surface area contributed by atoms with Crippen molar-refractivity contribution in [2.24, 2.45) is 5.92 Å². The highest BCUT2D eigenvalue weighted by Gasteiger charge is 2.27. The summed E-state index contributed by atoms with van der Waals surface area (Å²) in [6, 6.07) is 7.69. The minimum atomic E-state index is -0.513. The number of para-hydroxylation sites is 1. The van der Waals surface area contributed by atoms with E-state index in [1.165, 1.54) is 11.3 Å². The molecule has 1 N–H and O–H groups in total. The number of urea groups is 1. The average Bonchev–Trinajstić information content (AvgIpc) is 3.02. The van der Waals surface area contributed by atoms with Crippen LogP contribution in [-0.2, 0) is 4.74 Å². The van der Waals surface area contributed by atoms with E-state index in [-0.39, 0.29) is 18.0 Å². The number of carbonyl (C=O) groups excluding carboxylic acids is 2. The van der Waals surface area contributed by atoms with Crippen molar-refractivity contribution in [3.63, 3.8) is 0 Å². The topological polar surface area (TPSA) is 74.8 Å². The number of piperidine rings is 1. The maximum absolute atomic E-state index is 12.7. The van der Waals surface area contributed by atoms with Gasteiger partial charge in [-0.25, -0.2) is 14.6 Å². The Labute approximate surface area is 169 Å². The number of hydrogen-bond acceptors (Lipinski definition) is 5. The molecule has 0 saturated carbocycles. The van der Waals surface area contributed by atoms with Gasteiger partial charge in [-0.2, -0.15) is 0 Å². The first-order chi connectivity index (χ1) is 13.2. The summed E-state index contributed by atoms with van der Waals surface area (Å²) in [4.78, 5) is 32.7. The van der Waals surface area contributed by atoms with Crippen LogP contribution in [0.2, 0.25) is 0 Å². The molecule has 1 aliphatic rings. The fourth-order valence-electron chi connectivity index (χ4n) is 3.30. The van der Waals surface area contributed by atoms with Crippen molar-refractivity contribution in [2.45, 2.75) is 39.2 Å². The van der Waals surface area contributed by atoms with Gasteiger partial charge in [-0.1, -0.05) is 23.5 Å². The summed E-state index contributed by atoms with van der Waals surface area (Å²) in [5, 5.41) is 3.53. The number of carbonyl (C=O) groups is 2. The molecule has 0 aliphatic carbocycles. The largest absolute Gasteiger partial charge is 0.444 e. The summed E-state index contributed by atoms with van der Waals surface area (Å²) in [6.07, 6.45) is 1.57. The molecule has 0 radical (unpaired) electrons. The van der Waals surface area contributed by atoms with Gasteiger partial charge in [-0.15, -0.1) is 0 Å². The first-order valence-corrected chi connectivity index (χ1v) is 10.4. The summed E-state index contributed by atoms with van der Waals surface area (Å²) in [7, 11) is 1.74. The van der Waals surface area contributed by atoms with Gasteiger partial charge in [0.1, 0.15) is 5.60 Å². The monoisotopic (exact) mass is 404 g/mol. The fourth-order valence-corrected chi connectivity index (χ4v) is 4.15. The molecule has 1 aromatic carbocycles. The molecule has 0 bridgehead atoms. The lowest BCUT2D eigenvalue weighted by Crippen LogP contribution is -2.46. The van der Waals surface area contributed by atoms with Crippen LogP contribution in [0.4, 0.5) is 14.7 Å². The van der Waals surface area contributed by atoms with Crippen LogP contribution < -0.4 is 5.32 Å². The van der Waals surface area contributed by atoms with Crippen molar-refractivity contribution in [2.75, 3.05) is 32.0 Å². The maximum Gasteiger partial charge on any atom is 0.410 e. The molecule has 1 saturated heterocycles. The Bertz CT molecular complexity index is 812. The van der Waals surface area contributed by atoms with Gasteiger partial charge in [0.25, 0.3) is 0 Å². The fraction of sp³-hybridized carbons (Fsp3) is 0.550. The third-order valence-corrected chi connectivity index (χ3v) is 5.50. The molecule has 1 fully saturated rings. The lowest BCUT2D eigenvalue weighted by molar-refractivity contribution is 0.0253. The minimum Gasteiger partial charge on any atom is -0.444 e. The lowest BCUT2D eigenvalue weighted by Gasteiger charge is -2.34. The normalized spacial score (nSPS) is 17.4. The highest BCUT2D eigenvalue weighted by atomic mass is 32.1. The van der Waals surface area contributed by atoms with Gasteiger partial charge in [-0.05, 0) is 51.7 Å². The number of nitrogens with one attached hydrogen (secondary N) is 1. The quantitative estimate of drug-likeness (QED) is 0.822. The van der Waals surface area contributed by atoms with Gasteiger partial charge in [-0.3, -0.25) is 5.32 Å². The Kier molecular flexibility index (Phi) is 6.07. The Morgan fingerprint density at radius 1 is 1.36 bits per heavy atom. The van der Waals surface area contributed by atoms with E-state index in [0.29, 0.717) is 24.8 Å². The first kappa shape index (κ1) is 20.4. The van der Waals surface area contributed by atoms with Crippen molar-refractivity contribution in [1.82, 2.24) is 14.8 Å². The summed E-state index contributed by atoms with van der Waals surface area (Å²) >= 11 is 1.47. The number of ether oxygens (including phenoxy) is 1. The number of benzene rings is 1. The second-order valence-electron chi connectivity index (χ2n) is 8.23. The number of likely N-dealkylation sites (tertiary alicyclic amines) is 1. The van der Waals surface area contributed by atoms with Gasteiger partial charge in [0.2, 0.25) is 0 Å². The number of hydrogen-bond donors (Lipinski definition) is 1. The Morgan fingerprint density at radius 3 is 2.82 bits per heavy atom. The SMILES string of the molecule is CN(CC1CCCN(C(=O)Nc2nc3ccccc3s2)C1)C(=O)OC(C)(C)C. The van der Waals surface area contributed by atoms with E-state index in [9.17, 15) is 9.59 Å². The van der Waals surface area contributed by atoms with Crippen molar-refractivity contribution in [1.29, 1.82) is 0 Å². The second-order valence-corrected chi connectivity index (χ2v) is 9.26. The Hall–Kier alpha value is -2.35. The first-order valence-electron chi connectivity index (χ1n) is 9.57. The van der Waals surface area contributed by atoms with Crippen LogP contribution in [0.1, 0.15) is 33.6 Å². The van der Waals surface area contributed by atoms with Crippen LogP contribution in [0.5, 0.6) is 0 Å². The smallest absolute Gasteiger partial charge is 0.410 e. The highest BCUT2D eigenvalue weighted by Crippen LogP contribution is 2.26. The molecular weight excluding hydrogens is 376 g/mol. The van der Waals surface area contributed by atoms with Crippen LogP contribution >= 0.6 is 11.3 Å². The number of amides is 3. The molecule has 1 atom stereocenters. The standard InChI is InChI=1S/C20H28N4O3S/c1-20(2,3)27-19(26)23(4)12-14-8-7-11-24(13-14)18(25)22-17-21-15-9-5-6-10-16(15)28-17/h5-6,9-10,14H,7-8,11-13H2,1-4H3,(H,21,22,25). The number of anilines is 1. The molecule has 152 valence electrons. The van der Waals surface area contributed by atoms with Crippen LogP contribution in [0, 0.1) is 5.92 Å². The molecule has 8 heteroatoms. The number of fused-ring (bicyclic) bond motifs is 1. The maximum atomic E-state index is 12.7. The molecule has 2 aromatic rings. The summed E-state index contributed by atoms with van der Waals surface area (Å²) < 4.78 is 6.46. The molecule has 2 heterocycles. The molecule has 1 aliphatic heterocycles. The van der Waals surface area contributed by atoms with Crippen LogP contribution in [0.3, 0.4) is 0 Å². The van der Waals surface area contributed by atoms with E-state index >= 15 is 0 Å². The predicted octanol–water partition coefficient (Wildman–Crippen LogP) is 4.41. The van der Waals surface area contributed by atoms with Crippen molar-refractivity contribution >= 4 is 38.8 Å². The van der Waals surface area contributed by atoms with Crippen molar-refractivity contribution in [3.05, 3.63) is 24.3 Å². The predicted molar refractivity (Wildman–Crippen MR) is 112 cm³/mol. The molecule has 1 unspecified atom stereocenters. The van der Waals surface area contributed by atoms with E-state index < -0.39 is 5.60 Å². The van der Waals surface area contributed by atoms with E-state index in [1.807, 2.05) is 49.9 Å². The lowest BCUT2D eigenvalue weighted by atomic mass is 9.98. The van der Waals surface area contributed by atoms with Crippen LogP contribution in [-0.4, -0.2) is 59.2 Å². The van der Waals surface area contributed by atoms with Crippen LogP contribution in [0.25, 0.3) is 10.2 Å². The molecule has 1 aromatic heterocycles. The zero-order valence-electron chi connectivity index (χ0n) is 16.9. The summed E-state index contributed by atoms with van der Waals surface area (Å²) in [6.45, 7) is 7.46. The molecule has 28 heavy (non-hydrogen) atoms. The summed E-state index contributed by atoms with van der Waals surface area (Å²) in [5.74, 6) is 0.229. The number of rotatable bonds is 3. The van der Waals surface area contributed by atoms with Gasteiger partial charge < -0.3 is 14.5 Å². The third kappa shape index (κ3) is 5.34. The molecule has 3 amide bonds. The van der Waals surface area contributed by atoms with Crippen LogP contribution in [0.15, 0.2) is 24.3 Å². The van der Waals surface area contributed by atoms with Gasteiger partial charge in [0.05, 0.1) is 10.2 Å². The minimum absolute atomic E-state index is 0.135. The zero-order valence-corrected chi connectivity index (χ0v) is 17.7. The molecule has 0 spiro atoms. The van der Waals surface area contributed by atoms with Gasteiger partial charge in [0.15, 0.2) is 5.13 Å². The summed E-state index contributed by atoms with van der Waals surface area (Å²) in [5.41, 5.74) is 0.375. The van der Waals surface area contributed by atoms with E-state index in [0.717, 1.165) is 23.1 Å². The van der Waals surface area contributed by atoms with Gasteiger partial charge in [0, 0.05) is 26.7 Å². The average molecular weight is 405 g/mol. The Balaban J connectivity index is 1.55. The number of nitrogens with zero attached hydrogens (tertiary/aromatic N) is 3. The van der Waals surface area contributed by atoms with Gasteiger partial charge >= 0.3 is 12.1 Å². The van der Waals surface area contributed by atoms with E-state index in [1.54, 1.807) is 11.9 Å². The molecular formula is C20H28N4O3S. The van der Waals surface area contributed by atoms with Crippen molar-refractivity contribution in [3.8, 4) is 0 Å². The van der Waals surface area contributed by atoms with E-state index in [4.69, 9.17) is 4.74 Å². The third-order valence-electron chi connectivity index (χ3n) is 4.55. The molecule has 3 rings (SSSR count). The zero-order chi connectivity index (χ0) is 20.3. The highest BCUT2D eigenvalue weighted by molar-refractivity contribution is 7.22. The molecule has 7 nitrogen and oxygen atoms in total.